The summed E-state index contributed by atoms with van der Waals surface area (Å²) < 4.78 is 90.5. The van der Waals surface area contributed by atoms with Crippen molar-refractivity contribution in [2.75, 3.05) is 15.7 Å². The van der Waals surface area contributed by atoms with Crippen molar-refractivity contribution in [1.82, 2.24) is 0 Å². The van der Waals surface area contributed by atoms with Crippen molar-refractivity contribution in [2.24, 2.45) is 0 Å². The number of rotatable bonds is 5. The lowest BCUT2D eigenvalue weighted by Gasteiger charge is -2.36. The Bertz CT molecular complexity index is 2360. The molecule has 0 spiro atoms. The summed E-state index contributed by atoms with van der Waals surface area (Å²) in [4.78, 5) is 1.26. The first-order valence-electron chi connectivity index (χ1n) is 14.1. The summed E-state index contributed by atoms with van der Waals surface area (Å²) in [6, 6.07) is 22.3. The zero-order valence-corrected chi connectivity index (χ0v) is 30.4. The SMILES string of the molecule is COc1ccc(S(=O)(=O)N2c3cc(Br)sc3-c3ccccc3C2(F)F)cc1.O=S(=O)(c1cccs1)N1Cc2ccccc2-c2sccc21. The standard InChI is InChI=1S/C18H12BrF2NO3S2.C15H11NO2S3/c1-25-11-6-8-12(9-7-11)27(23,24)22-15-10-16(19)26-17(15)13-4-2-3-5-14(13)18(22,20)21;17-21(18,14-6-3-8-19-14)16-10-11-4-1-2-5-12(11)15-13(16)7-9-20-15/h2-10H,1H3;1-9H,10H2. The van der Waals surface area contributed by atoms with Crippen LogP contribution in [0.1, 0.15) is 11.1 Å². The molecular weight excluding hydrogens is 783 g/mol. The molecule has 8 rings (SSSR count). The van der Waals surface area contributed by atoms with Crippen molar-refractivity contribution in [3.63, 3.8) is 0 Å². The lowest BCUT2D eigenvalue weighted by atomic mass is 10.00. The fourth-order valence-electron chi connectivity index (χ4n) is 5.59. The van der Waals surface area contributed by atoms with E-state index in [9.17, 15) is 16.8 Å². The number of thiophene rings is 3. The molecule has 0 saturated heterocycles. The van der Waals surface area contributed by atoms with E-state index < -0.39 is 26.1 Å². The Hall–Kier alpha value is -3.60. The lowest BCUT2D eigenvalue weighted by Crippen LogP contribution is -2.46. The van der Waals surface area contributed by atoms with Gasteiger partial charge in [-0.1, -0.05) is 54.6 Å². The predicted octanol–water partition coefficient (Wildman–Crippen LogP) is 9.63. The van der Waals surface area contributed by atoms with E-state index in [-0.39, 0.29) is 20.5 Å². The number of fused-ring (bicyclic) bond motifs is 6. The van der Waals surface area contributed by atoms with Crippen LogP contribution in [-0.4, -0.2) is 23.9 Å². The van der Waals surface area contributed by atoms with Gasteiger partial charge in [-0.25, -0.2) is 16.8 Å². The van der Waals surface area contributed by atoms with Crippen molar-refractivity contribution in [3.05, 3.63) is 123 Å². The first kappa shape index (κ1) is 32.9. The van der Waals surface area contributed by atoms with Crippen LogP contribution in [0, 0.1) is 0 Å². The average molecular weight is 806 g/mol. The van der Waals surface area contributed by atoms with Crippen molar-refractivity contribution in [2.45, 2.75) is 21.7 Å². The number of methoxy groups -OCH3 is 1. The van der Waals surface area contributed by atoms with Crippen molar-refractivity contribution in [1.29, 1.82) is 0 Å². The van der Waals surface area contributed by atoms with Crippen LogP contribution in [0.3, 0.4) is 0 Å². The summed E-state index contributed by atoms with van der Waals surface area (Å²) in [5.41, 5.74) is 2.91. The Kier molecular flexibility index (Phi) is 8.49. The molecule has 2 aliphatic rings. The Morgan fingerprint density at radius 1 is 0.771 bits per heavy atom. The summed E-state index contributed by atoms with van der Waals surface area (Å²) >= 11 is 7.34. The van der Waals surface area contributed by atoms with Gasteiger partial charge in [0.2, 0.25) is 0 Å². The van der Waals surface area contributed by atoms with E-state index in [4.69, 9.17) is 4.74 Å². The number of halogens is 3. The van der Waals surface area contributed by atoms with Crippen LogP contribution in [0.15, 0.2) is 121 Å². The third kappa shape index (κ3) is 5.46. The highest BCUT2D eigenvalue weighted by molar-refractivity contribution is 9.11. The van der Waals surface area contributed by atoms with Crippen LogP contribution < -0.4 is 13.3 Å². The first-order chi connectivity index (χ1) is 22.9. The molecule has 7 nitrogen and oxygen atoms in total. The molecule has 0 aliphatic carbocycles. The number of hydrogen-bond donors (Lipinski definition) is 0. The quantitative estimate of drug-likeness (QED) is 0.162. The van der Waals surface area contributed by atoms with Gasteiger partial charge >= 0.3 is 6.05 Å². The highest BCUT2D eigenvalue weighted by atomic mass is 79.9. The highest BCUT2D eigenvalue weighted by Gasteiger charge is 2.53. The second kappa shape index (κ2) is 12.4. The van der Waals surface area contributed by atoms with E-state index in [2.05, 4.69) is 22.0 Å². The maximum atomic E-state index is 15.4. The summed E-state index contributed by atoms with van der Waals surface area (Å²) in [6.07, 6.45) is 0. The molecule has 0 radical (unpaired) electrons. The lowest BCUT2D eigenvalue weighted by molar-refractivity contribution is 0.00906. The molecule has 0 amide bonds. The number of ether oxygens (including phenoxy) is 1. The number of sulfonamides is 2. The Labute approximate surface area is 296 Å². The van der Waals surface area contributed by atoms with Gasteiger partial charge in [0.15, 0.2) is 0 Å². The maximum absolute atomic E-state index is 15.4. The summed E-state index contributed by atoms with van der Waals surface area (Å²) in [6.45, 7) is 0.389. The van der Waals surface area contributed by atoms with E-state index >= 15 is 8.78 Å². The van der Waals surface area contributed by atoms with E-state index in [1.54, 1.807) is 41.0 Å². The molecule has 0 fully saturated rings. The third-order valence-electron chi connectivity index (χ3n) is 7.78. The predicted molar refractivity (Wildman–Crippen MR) is 191 cm³/mol. The maximum Gasteiger partial charge on any atom is 0.366 e. The second-order valence-corrected chi connectivity index (χ2v) is 18.7. The number of alkyl halides is 2. The van der Waals surface area contributed by atoms with Crippen LogP contribution >= 0.6 is 49.9 Å². The van der Waals surface area contributed by atoms with Gasteiger partial charge < -0.3 is 4.74 Å². The Morgan fingerprint density at radius 2 is 1.48 bits per heavy atom. The van der Waals surface area contributed by atoms with Crippen molar-refractivity contribution < 1.29 is 30.4 Å². The minimum atomic E-state index is -4.52. The largest absolute Gasteiger partial charge is 0.497 e. The zero-order chi connectivity index (χ0) is 33.8. The fourth-order valence-corrected chi connectivity index (χ4v) is 12.3. The van der Waals surface area contributed by atoms with E-state index in [0.717, 1.165) is 21.7 Å². The van der Waals surface area contributed by atoms with Gasteiger partial charge in [-0.05, 0) is 80.3 Å². The summed E-state index contributed by atoms with van der Waals surface area (Å²) in [7, 11) is -6.57. The number of anilines is 2. The van der Waals surface area contributed by atoms with Crippen LogP contribution in [0.4, 0.5) is 20.2 Å². The molecule has 246 valence electrons. The average Bonchev–Trinajstić information content (AvgIpc) is 3.87. The van der Waals surface area contributed by atoms with E-state index in [1.165, 1.54) is 76.6 Å². The molecule has 0 unspecified atom stereocenters. The first-order valence-corrected chi connectivity index (χ1v) is 20.4. The molecule has 0 saturated carbocycles. The van der Waals surface area contributed by atoms with Crippen molar-refractivity contribution in [3.8, 4) is 26.6 Å². The molecule has 48 heavy (non-hydrogen) atoms. The molecule has 2 aliphatic heterocycles. The molecule has 15 heteroatoms. The van der Waals surface area contributed by atoms with E-state index in [1.807, 2.05) is 29.6 Å². The van der Waals surface area contributed by atoms with Crippen LogP contribution in [0.5, 0.6) is 5.75 Å². The normalized spacial score (nSPS) is 14.6. The fraction of sp³-hybridized carbons (Fsp3) is 0.0909. The van der Waals surface area contributed by atoms with E-state index in [0.29, 0.717) is 30.7 Å². The van der Waals surface area contributed by atoms with Crippen LogP contribution in [0.25, 0.3) is 20.9 Å². The molecular formula is C33H23BrF2N2O5S5. The number of nitrogens with zero attached hydrogens (tertiary/aromatic N) is 2. The Balaban J connectivity index is 0.000000156. The minimum Gasteiger partial charge on any atom is -0.497 e. The van der Waals surface area contributed by atoms with Gasteiger partial charge in [0.1, 0.15) is 9.96 Å². The number of hydrogen-bond acceptors (Lipinski definition) is 8. The topological polar surface area (TPSA) is 84.0 Å². The molecule has 0 N–H and O–H groups in total. The molecule has 0 bridgehead atoms. The summed E-state index contributed by atoms with van der Waals surface area (Å²) in [5, 5.41) is 3.74. The van der Waals surface area contributed by atoms with Crippen LogP contribution in [0.2, 0.25) is 0 Å². The molecule has 3 aromatic heterocycles. The minimum absolute atomic E-state index is 0.0496. The van der Waals surface area contributed by atoms with Gasteiger partial charge in [0.25, 0.3) is 20.0 Å². The molecule has 0 atom stereocenters. The summed E-state index contributed by atoms with van der Waals surface area (Å²) in [5.74, 6) is 0.434. The molecule has 5 heterocycles. The molecule has 6 aromatic rings. The molecule has 3 aromatic carbocycles. The Morgan fingerprint density at radius 3 is 2.19 bits per heavy atom. The third-order valence-corrected chi connectivity index (χ3v) is 15.3. The second-order valence-electron chi connectivity index (χ2n) is 10.5. The van der Waals surface area contributed by atoms with Gasteiger partial charge in [0, 0.05) is 5.56 Å². The van der Waals surface area contributed by atoms with Gasteiger partial charge in [-0.2, -0.15) is 13.1 Å². The number of benzene rings is 3. The van der Waals surface area contributed by atoms with Gasteiger partial charge in [-0.15, -0.1) is 34.0 Å². The highest BCUT2D eigenvalue weighted by Crippen LogP contribution is 2.55. The van der Waals surface area contributed by atoms with Crippen LogP contribution in [-0.2, 0) is 32.6 Å². The van der Waals surface area contributed by atoms with Crippen molar-refractivity contribution >= 4 is 81.4 Å². The smallest absolute Gasteiger partial charge is 0.366 e. The zero-order valence-electron chi connectivity index (χ0n) is 24.7. The monoisotopic (exact) mass is 804 g/mol. The van der Waals surface area contributed by atoms with Gasteiger partial charge in [-0.3, -0.25) is 4.31 Å². The van der Waals surface area contributed by atoms with Gasteiger partial charge in [0.05, 0.1) is 49.0 Å².